The summed E-state index contributed by atoms with van der Waals surface area (Å²) in [6.45, 7) is -6.58. The molecule has 2 aromatic carbocycles. The van der Waals surface area contributed by atoms with E-state index in [4.69, 9.17) is 9.47 Å². The van der Waals surface area contributed by atoms with Crippen molar-refractivity contribution in [2.24, 2.45) is 0 Å². The zero-order valence-corrected chi connectivity index (χ0v) is 35.6. The molecule has 9 N–H and O–H groups in total. The first-order valence-electron chi connectivity index (χ1n) is 17.8. The summed E-state index contributed by atoms with van der Waals surface area (Å²) in [7, 11) is 2.53. The Hall–Kier alpha value is -5.93. The van der Waals surface area contributed by atoms with Crippen molar-refractivity contribution in [3.8, 4) is 11.5 Å². The number of nitrogens with zero attached hydrogens (tertiary/aromatic N) is 5. The molecule has 0 heterocycles. The van der Waals surface area contributed by atoms with Gasteiger partial charge in [-0.2, -0.15) is 0 Å². The summed E-state index contributed by atoms with van der Waals surface area (Å²) in [5.41, 5.74) is 0.215. The topological polar surface area (TPSA) is 354 Å². The van der Waals surface area contributed by atoms with Gasteiger partial charge in [-0.3, -0.25) is 57.9 Å². The summed E-state index contributed by atoms with van der Waals surface area (Å²) in [6, 6.07) is 8.02. The second-order valence-electron chi connectivity index (χ2n) is 13.0. The molecule has 0 atom stereocenters. The van der Waals surface area contributed by atoms with Crippen LogP contribution in [0.3, 0.4) is 0 Å². The fourth-order valence-electron chi connectivity index (χ4n) is 5.78. The molecule has 25 nitrogen and oxygen atoms in total. The van der Waals surface area contributed by atoms with Crippen LogP contribution in [-0.2, 0) is 43.2 Å². The molecule has 0 aromatic heterocycles. The minimum absolute atomic E-state index is 0. The van der Waals surface area contributed by atoms with Gasteiger partial charge in [0.15, 0.2) is 0 Å². The van der Waals surface area contributed by atoms with Gasteiger partial charge in [0.25, 0.3) is 0 Å². The van der Waals surface area contributed by atoms with E-state index in [-0.39, 0.29) is 100 Å². The first-order chi connectivity index (χ1) is 28.7. The molecule has 26 heteroatoms. The summed E-state index contributed by atoms with van der Waals surface area (Å²) in [5, 5.41) is 70.9. The number of carboxylic acid groups (broad SMARTS) is 7. The number of nitrogens with one attached hydrogen (secondary N) is 2. The minimum Gasteiger partial charge on any atom is -0.495 e. The number of benzene rings is 2. The van der Waals surface area contributed by atoms with Crippen molar-refractivity contribution in [1.82, 2.24) is 14.7 Å². The molecule has 0 saturated heterocycles. The van der Waals surface area contributed by atoms with E-state index in [0.29, 0.717) is 0 Å². The van der Waals surface area contributed by atoms with Crippen LogP contribution >= 0.6 is 0 Å². The monoisotopic (exact) mass is 1020 g/mol. The van der Waals surface area contributed by atoms with E-state index < -0.39 is 113 Å². The van der Waals surface area contributed by atoms with E-state index in [0.717, 1.165) is 9.80 Å². The van der Waals surface area contributed by atoms with Crippen LogP contribution in [0.4, 0.5) is 22.7 Å². The normalized spacial score (nSPS) is 10.7. The fraction of sp³-hybridized carbons (Fsp3) is 0.417. The van der Waals surface area contributed by atoms with Gasteiger partial charge in [0.2, 0.25) is 11.8 Å². The first-order valence-corrected chi connectivity index (χ1v) is 17.8. The number of carbonyl (C=O) groups excluding carboxylic acids is 2. The van der Waals surface area contributed by atoms with E-state index in [1.54, 1.807) is 0 Å². The maximum atomic E-state index is 13.1. The number of aliphatic carboxylic acids is 7. The van der Waals surface area contributed by atoms with Crippen molar-refractivity contribution in [2.45, 2.75) is 0 Å². The summed E-state index contributed by atoms with van der Waals surface area (Å²) >= 11 is 0. The summed E-state index contributed by atoms with van der Waals surface area (Å²) in [5.74, 6) is -10.6. The molecular weight excluding hydrogens is 976 g/mol. The molecule has 1 radical (unpaired) electrons. The quantitative estimate of drug-likeness (QED) is 0.0425. The number of rotatable bonds is 30. The zero-order valence-electron chi connectivity index (χ0n) is 33.4. The van der Waals surface area contributed by atoms with Crippen molar-refractivity contribution in [3.63, 3.8) is 0 Å². The predicted octanol–water partition coefficient (Wildman–Crippen LogP) is -1.61. The first kappa shape index (κ1) is 54.1. The molecule has 0 saturated carbocycles. The molecule has 0 bridgehead atoms. The van der Waals surface area contributed by atoms with Gasteiger partial charge in [-0.25, -0.2) is 0 Å². The van der Waals surface area contributed by atoms with Crippen LogP contribution in [0.2, 0.25) is 0 Å². The molecule has 2 amide bonds. The number of amides is 2. The van der Waals surface area contributed by atoms with Gasteiger partial charge in [0, 0.05) is 37.6 Å². The Morgan fingerprint density at radius 2 is 0.710 bits per heavy atom. The molecule has 0 aliphatic rings. The van der Waals surface area contributed by atoms with Crippen molar-refractivity contribution < 1.29 is 128 Å². The third-order valence-electron chi connectivity index (χ3n) is 8.19. The number of carbonyl (C=O) groups is 9. The summed E-state index contributed by atoms with van der Waals surface area (Å²) < 4.78 is 10.5. The Labute approximate surface area is 385 Å². The molecule has 0 fully saturated rings. The van der Waals surface area contributed by atoms with Crippen LogP contribution < -0.4 is 29.9 Å². The average Bonchev–Trinajstić information content (AvgIpc) is 3.13. The van der Waals surface area contributed by atoms with Gasteiger partial charge in [-0.05, 0) is 36.4 Å². The second-order valence-corrected chi connectivity index (χ2v) is 13.0. The molecule has 2 aromatic rings. The molecule has 62 heavy (non-hydrogen) atoms. The SMILES string of the molecule is COc1ccc(NC(=O)CN(CCN(CCN(CC(=O)O)CC(=O)Nc2ccc(OC)c(N(CC(=O)O)CC(=O)O)c2)CC(=O)O)CC(=O)O)cc1N(CC(=O)O)CC(=O)O.[Gd+3]. The number of hydrogen-bond donors (Lipinski definition) is 9. The number of carboxylic acids is 7. The largest absolute Gasteiger partial charge is 3.00 e. The van der Waals surface area contributed by atoms with Crippen LogP contribution in [0.15, 0.2) is 36.4 Å². The van der Waals surface area contributed by atoms with Gasteiger partial charge in [-0.1, -0.05) is 0 Å². The molecule has 0 aliphatic carbocycles. The third-order valence-corrected chi connectivity index (χ3v) is 8.19. The Kier molecular flexibility index (Phi) is 23.7. The third kappa shape index (κ3) is 20.6. The van der Waals surface area contributed by atoms with Crippen molar-refractivity contribution in [1.29, 1.82) is 0 Å². The Morgan fingerprint density at radius 1 is 0.435 bits per heavy atom. The maximum absolute atomic E-state index is 13.1. The van der Waals surface area contributed by atoms with Gasteiger partial charge in [0.05, 0.1) is 58.3 Å². The zero-order chi connectivity index (χ0) is 45.8. The Bertz CT molecular complexity index is 1780. The maximum Gasteiger partial charge on any atom is 3.00 e. The molecule has 0 unspecified atom stereocenters. The predicted molar refractivity (Wildman–Crippen MR) is 210 cm³/mol. The molecule has 2 rings (SSSR count). The number of methoxy groups -OCH3 is 2. The smallest absolute Gasteiger partial charge is 0.495 e. The number of hydrogen-bond acceptors (Lipinski definition) is 16. The van der Waals surface area contributed by atoms with E-state index in [1.165, 1.54) is 65.3 Å². The van der Waals surface area contributed by atoms with Gasteiger partial charge in [0.1, 0.15) is 37.7 Å². The van der Waals surface area contributed by atoms with Crippen LogP contribution in [0, 0.1) is 39.9 Å². The summed E-state index contributed by atoms with van der Waals surface area (Å²) in [6.07, 6.45) is 0. The number of ether oxygens (including phenoxy) is 2. The van der Waals surface area contributed by atoms with Crippen molar-refractivity contribution in [2.75, 3.05) is 120 Å². The summed E-state index contributed by atoms with van der Waals surface area (Å²) in [4.78, 5) is 113. The second kappa shape index (κ2) is 27.1. The Morgan fingerprint density at radius 3 is 0.984 bits per heavy atom. The molecule has 339 valence electrons. The van der Waals surface area contributed by atoms with Crippen LogP contribution in [0.1, 0.15) is 0 Å². The molecule has 0 spiro atoms. The van der Waals surface area contributed by atoms with E-state index in [1.807, 2.05) is 0 Å². The molecular formula is C36H47GdN7O18+3. The van der Waals surface area contributed by atoms with Gasteiger partial charge < -0.3 is 65.7 Å². The van der Waals surface area contributed by atoms with E-state index >= 15 is 0 Å². The van der Waals surface area contributed by atoms with Gasteiger partial charge in [-0.15, -0.1) is 0 Å². The van der Waals surface area contributed by atoms with Crippen LogP contribution in [0.5, 0.6) is 11.5 Å². The fourth-order valence-corrected chi connectivity index (χ4v) is 5.78. The Balaban J connectivity index is 0.0000192. The van der Waals surface area contributed by atoms with Crippen molar-refractivity contribution in [3.05, 3.63) is 36.4 Å². The van der Waals surface area contributed by atoms with Crippen molar-refractivity contribution >= 4 is 76.3 Å². The van der Waals surface area contributed by atoms with E-state index in [9.17, 15) is 78.9 Å². The van der Waals surface area contributed by atoms with Crippen LogP contribution in [-0.4, -0.2) is 203 Å². The van der Waals surface area contributed by atoms with Crippen LogP contribution in [0.25, 0.3) is 0 Å². The van der Waals surface area contributed by atoms with Gasteiger partial charge >= 0.3 is 81.7 Å². The average molecular weight is 1020 g/mol. The standard InChI is InChI=1S/C36H47N7O18.Gd/c1-60-26-5-3-22(11-24(26)42(18-33(52)53)19-34(54)55)37-28(44)13-40(16-31(48)49)9-7-39(15-30(46)47)8-10-41(17-32(50)51)14-29(45)38-23-4-6-27(61-2)25(12-23)43(20-35(56)57)21-36(58)59;/h3-6,11-12H,7-10,13-21H2,1-2H3,(H,37,44)(H,38,45)(H,46,47)(H,48,49)(H,50,51)(H,52,53)(H,54,55)(H,56,57)(H,58,59);/q;+3. The minimum atomic E-state index is -1.34. The number of anilines is 4. The van der Waals surface area contributed by atoms with E-state index in [2.05, 4.69) is 10.6 Å². The molecule has 0 aliphatic heterocycles.